The van der Waals surface area contributed by atoms with Gasteiger partial charge in [-0.25, -0.2) is 13.2 Å². The zero-order valence-electron chi connectivity index (χ0n) is 18.2. The number of amides is 2. The second-order valence-corrected chi connectivity index (χ2v) is 10.7. The van der Waals surface area contributed by atoms with E-state index in [1.807, 2.05) is 18.5 Å². The number of rotatable bonds is 3. The van der Waals surface area contributed by atoms with Crippen molar-refractivity contribution in [3.63, 3.8) is 0 Å². The fourth-order valence-electron chi connectivity index (χ4n) is 4.75. The van der Waals surface area contributed by atoms with E-state index in [4.69, 9.17) is 9.47 Å². The van der Waals surface area contributed by atoms with E-state index in [9.17, 15) is 13.2 Å². The summed E-state index contributed by atoms with van der Waals surface area (Å²) in [5.41, 5.74) is 3.60. The van der Waals surface area contributed by atoms with Gasteiger partial charge in [-0.1, -0.05) is 0 Å². The summed E-state index contributed by atoms with van der Waals surface area (Å²) in [4.78, 5) is 16.8. The highest BCUT2D eigenvalue weighted by atomic mass is 32.2. The minimum atomic E-state index is -2.98. The number of aryl methyl sites for hydroxylation is 1. The van der Waals surface area contributed by atoms with Crippen molar-refractivity contribution in [2.75, 3.05) is 54.7 Å². The van der Waals surface area contributed by atoms with Crippen LogP contribution in [0.5, 0.6) is 11.5 Å². The first kappa shape index (κ1) is 20.9. The van der Waals surface area contributed by atoms with Crippen LogP contribution in [0.15, 0.2) is 18.2 Å². The molecule has 172 valence electrons. The van der Waals surface area contributed by atoms with Crippen LogP contribution in [0, 0.1) is 13.8 Å². The van der Waals surface area contributed by atoms with Crippen molar-refractivity contribution >= 4 is 27.2 Å². The normalized spacial score (nSPS) is 21.8. The molecular weight excluding hydrogens is 434 g/mol. The van der Waals surface area contributed by atoms with E-state index in [0.717, 1.165) is 17.1 Å². The molecule has 2 saturated heterocycles. The number of carbonyl (C=O) groups excluding carboxylic acids is 1. The fourth-order valence-corrected chi connectivity index (χ4v) is 6.44. The molecular formula is C21H27N5O5S. The van der Waals surface area contributed by atoms with Gasteiger partial charge in [-0.05, 0) is 32.4 Å². The van der Waals surface area contributed by atoms with Crippen LogP contribution >= 0.6 is 0 Å². The highest BCUT2D eigenvalue weighted by Gasteiger charge is 2.33. The lowest BCUT2D eigenvalue weighted by atomic mass is 10.2. The number of piperazine rings is 1. The van der Waals surface area contributed by atoms with E-state index in [1.54, 1.807) is 23.1 Å². The molecule has 2 fully saturated rings. The molecule has 2 aromatic rings. The molecule has 5 rings (SSSR count). The van der Waals surface area contributed by atoms with Gasteiger partial charge in [-0.15, -0.1) is 0 Å². The maximum absolute atomic E-state index is 12.7. The predicted molar refractivity (Wildman–Crippen MR) is 119 cm³/mol. The number of ether oxygens (including phenoxy) is 2. The number of nitrogens with zero attached hydrogens (tertiary/aromatic N) is 4. The number of fused-ring (bicyclic) bond motifs is 1. The molecule has 1 aromatic heterocycles. The molecule has 3 aliphatic rings. The topological polar surface area (TPSA) is 106 Å². The van der Waals surface area contributed by atoms with Gasteiger partial charge in [-0.2, -0.15) is 5.10 Å². The highest BCUT2D eigenvalue weighted by molar-refractivity contribution is 7.91. The predicted octanol–water partition coefficient (Wildman–Crippen LogP) is 1.94. The van der Waals surface area contributed by atoms with E-state index in [0.29, 0.717) is 49.8 Å². The van der Waals surface area contributed by atoms with E-state index in [-0.39, 0.29) is 30.4 Å². The molecule has 0 radical (unpaired) electrons. The van der Waals surface area contributed by atoms with Gasteiger partial charge >= 0.3 is 6.03 Å². The summed E-state index contributed by atoms with van der Waals surface area (Å²) in [6.45, 7) is 6.69. The van der Waals surface area contributed by atoms with Crippen molar-refractivity contribution < 1.29 is 22.7 Å². The Morgan fingerprint density at radius 1 is 1.12 bits per heavy atom. The lowest BCUT2D eigenvalue weighted by Crippen LogP contribution is -2.50. The molecule has 10 nitrogen and oxygen atoms in total. The van der Waals surface area contributed by atoms with Crippen LogP contribution in [0.4, 0.5) is 16.2 Å². The third-order valence-electron chi connectivity index (χ3n) is 6.35. The van der Waals surface area contributed by atoms with Gasteiger partial charge in [0.1, 0.15) is 0 Å². The van der Waals surface area contributed by atoms with Gasteiger partial charge in [0.25, 0.3) is 0 Å². The fraction of sp³-hybridized carbons (Fsp3) is 0.524. The Morgan fingerprint density at radius 3 is 2.59 bits per heavy atom. The van der Waals surface area contributed by atoms with Gasteiger partial charge in [-0.3, -0.25) is 4.68 Å². The van der Waals surface area contributed by atoms with Gasteiger partial charge in [0.15, 0.2) is 21.3 Å². The SMILES string of the molecule is Cc1nn(C2CCS(=O)(=O)C2)c(C)c1N1CCN(C(=O)Nc2ccc3c(c2)OCO3)CC1. The number of hydrogen-bond acceptors (Lipinski definition) is 7. The zero-order chi connectivity index (χ0) is 22.5. The van der Waals surface area contributed by atoms with Crippen LogP contribution in [-0.4, -0.2) is 73.6 Å². The number of hydrogen-bond donors (Lipinski definition) is 1. The third-order valence-corrected chi connectivity index (χ3v) is 8.10. The Morgan fingerprint density at radius 2 is 1.88 bits per heavy atom. The Labute approximate surface area is 187 Å². The first-order chi connectivity index (χ1) is 15.3. The number of nitrogens with one attached hydrogen (secondary N) is 1. The number of urea groups is 1. The van der Waals surface area contributed by atoms with Gasteiger partial charge in [0.05, 0.1) is 34.6 Å². The molecule has 32 heavy (non-hydrogen) atoms. The summed E-state index contributed by atoms with van der Waals surface area (Å²) in [5, 5.41) is 7.59. The molecule has 0 aliphatic carbocycles. The average molecular weight is 462 g/mol. The van der Waals surface area contributed by atoms with Crippen LogP contribution in [0.1, 0.15) is 23.9 Å². The molecule has 0 spiro atoms. The molecule has 0 bridgehead atoms. The maximum Gasteiger partial charge on any atom is 0.321 e. The summed E-state index contributed by atoms with van der Waals surface area (Å²) in [6, 6.07) is 5.10. The van der Waals surface area contributed by atoms with E-state index in [1.165, 1.54) is 0 Å². The molecule has 1 N–H and O–H groups in total. The molecule has 11 heteroatoms. The van der Waals surface area contributed by atoms with Gasteiger partial charge in [0.2, 0.25) is 6.79 Å². The summed E-state index contributed by atoms with van der Waals surface area (Å²) >= 11 is 0. The summed E-state index contributed by atoms with van der Waals surface area (Å²) in [6.07, 6.45) is 0.609. The number of benzene rings is 1. The van der Waals surface area contributed by atoms with Crippen molar-refractivity contribution in [3.8, 4) is 11.5 Å². The number of aromatic nitrogens is 2. The number of anilines is 2. The lowest BCUT2D eigenvalue weighted by molar-refractivity contribution is 0.174. The van der Waals surface area contributed by atoms with Gasteiger partial charge in [0, 0.05) is 37.9 Å². The van der Waals surface area contributed by atoms with E-state index in [2.05, 4.69) is 15.3 Å². The van der Waals surface area contributed by atoms with Crippen molar-refractivity contribution in [2.45, 2.75) is 26.3 Å². The highest BCUT2D eigenvalue weighted by Crippen LogP contribution is 2.34. The molecule has 4 heterocycles. The second kappa shape index (κ2) is 7.88. The van der Waals surface area contributed by atoms with Crippen molar-refractivity contribution in [1.82, 2.24) is 14.7 Å². The minimum absolute atomic E-state index is 0.0961. The van der Waals surface area contributed by atoms with E-state index < -0.39 is 9.84 Å². The smallest absolute Gasteiger partial charge is 0.321 e. The maximum atomic E-state index is 12.7. The largest absolute Gasteiger partial charge is 0.454 e. The summed E-state index contributed by atoms with van der Waals surface area (Å²) in [7, 11) is -2.98. The Hall–Kier alpha value is -2.95. The van der Waals surface area contributed by atoms with Crippen molar-refractivity contribution in [2.24, 2.45) is 0 Å². The Balaban J connectivity index is 1.22. The molecule has 1 unspecified atom stereocenters. The lowest BCUT2D eigenvalue weighted by Gasteiger charge is -2.36. The molecule has 0 saturated carbocycles. The van der Waals surface area contributed by atoms with Crippen LogP contribution in [0.3, 0.4) is 0 Å². The van der Waals surface area contributed by atoms with Gasteiger partial charge < -0.3 is 24.6 Å². The third kappa shape index (κ3) is 3.85. The van der Waals surface area contributed by atoms with Crippen LogP contribution in [-0.2, 0) is 9.84 Å². The Kier molecular flexibility index (Phi) is 5.15. The summed E-state index contributed by atoms with van der Waals surface area (Å²) in [5.74, 6) is 1.69. The molecule has 1 atom stereocenters. The summed E-state index contributed by atoms with van der Waals surface area (Å²) < 4.78 is 36.3. The van der Waals surface area contributed by atoms with Crippen molar-refractivity contribution in [3.05, 3.63) is 29.6 Å². The molecule has 2 amide bonds. The van der Waals surface area contributed by atoms with Crippen LogP contribution in [0.2, 0.25) is 0 Å². The van der Waals surface area contributed by atoms with Crippen molar-refractivity contribution in [1.29, 1.82) is 0 Å². The number of sulfone groups is 1. The zero-order valence-corrected chi connectivity index (χ0v) is 19.0. The molecule has 3 aliphatic heterocycles. The first-order valence-electron chi connectivity index (χ1n) is 10.8. The quantitative estimate of drug-likeness (QED) is 0.745. The minimum Gasteiger partial charge on any atom is -0.454 e. The average Bonchev–Trinajstić information content (AvgIpc) is 3.45. The standard InChI is InChI=1S/C21H27N5O5S/c1-14-20(15(2)26(23-14)17-5-10-32(28,29)12-17)24-6-8-25(9-7-24)21(27)22-16-3-4-18-19(11-16)31-13-30-18/h3-4,11,17H,5-10,12-13H2,1-2H3,(H,22,27). The monoisotopic (exact) mass is 461 g/mol. The van der Waals surface area contributed by atoms with E-state index >= 15 is 0 Å². The molecule has 1 aromatic carbocycles. The second-order valence-electron chi connectivity index (χ2n) is 8.49. The Bertz CT molecular complexity index is 1150. The first-order valence-corrected chi connectivity index (χ1v) is 12.6. The number of carbonyl (C=O) groups is 1. The van der Waals surface area contributed by atoms with Crippen LogP contribution < -0.4 is 19.7 Å². The van der Waals surface area contributed by atoms with Crippen LogP contribution in [0.25, 0.3) is 0 Å².